The van der Waals surface area contributed by atoms with E-state index < -0.39 is 0 Å². The maximum Gasteiger partial charge on any atom is 0.259 e. The molecule has 0 saturated carbocycles. The molecule has 1 atom stereocenters. The van der Waals surface area contributed by atoms with Crippen molar-refractivity contribution in [2.75, 3.05) is 24.1 Å². The van der Waals surface area contributed by atoms with Gasteiger partial charge in [0.1, 0.15) is 0 Å². The van der Waals surface area contributed by atoms with Crippen LogP contribution < -0.4 is 11.1 Å². The number of likely N-dealkylation sites (tertiary alicyclic amines) is 1. The van der Waals surface area contributed by atoms with E-state index >= 15 is 0 Å². The number of hydrogen-bond donors (Lipinski definition) is 2. The maximum atomic E-state index is 6.11. The Morgan fingerprint density at radius 3 is 2.94 bits per heavy atom. The summed E-state index contributed by atoms with van der Waals surface area (Å²) in [6.45, 7) is 2.66. The van der Waals surface area contributed by atoms with Crippen molar-refractivity contribution in [3.8, 4) is 11.6 Å². The molecule has 166 valence electrons. The first-order valence-corrected chi connectivity index (χ1v) is 11.0. The number of para-hydroxylation sites is 1. The lowest BCUT2D eigenvalue weighted by molar-refractivity contribution is 0.255. The summed E-state index contributed by atoms with van der Waals surface area (Å²) >= 11 is 0. The number of hydrogen-bond acceptors (Lipinski definition) is 9. The van der Waals surface area contributed by atoms with Gasteiger partial charge in [-0.2, -0.15) is 19.5 Å². The molecule has 1 fully saturated rings. The first kappa shape index (κ1) is 19.6. The van der Waals surface area contributed by atoms with Crippen molar-refractivity contribution in [3.63, 3.8) is 0 Å². The van der Waals surface area contributed by atoms with Gasteiger partial charge in [0, 0.05) is 30.7 Å². The van der Waals surface area contributed by atoms with Gasteiger partial charge in [0.05, 0.1) is 11.8 Å². The number of nitrogens with zero attached hydrogens (tertiary/aromatic N) is 7. The Morgan fingerprint density at radius 2 is 2.03 bits per heavy atom. The molecular formula is C23H23N9O. The van der Waals surface area contributed by atoms with E-state index in [9.17, 15) is 0 Å². The average Bonchev–Trinajstić information content (AvgIpc) is 3.59. The van der Waals surface area contributed by atoms with Gasteiger partial charge in [-0.15, -0.1) is 5.10 Å². The summed E-state index contributed by atoms with van der Waals surface area (Å²) in [6, 6.07) is 14.3. The van der Waals surface area contributed by atoms with E-state index in [0.717, 1.165) is 38.0 Å². The molecule has 3 N–H and O–H groups in total. The van der Waals surface area contributed by atoms with Gasteiger partial charge >= 0.3 is 0 Å². The van der Waals surface area contributed by atoms with Crippen LogP contribution in [0.2, 0.25) is 0 Å². The number of nitrogen functional groups attached to an aromatic ring is 1. The summed E-state index contributed by atoms with van der Waals surface area (Å²) in [4.78, 5) is 20.3. The van der Waals surface area contributed by atoms with Crippen LogP contribution >= 0.6 is 0 Å². The first-order valence-electron chi connectivity index (χ1n) is 11.0. The largest absolute Gasteiger partial charge is 0.461 e. The second-order valence-electron chi connectivity index (χ2n) is 8.16. The van der Waals surface area contributed by atoms with Gasteiger partial charge in [0.25, 0.3) is 5.78 Å². The Hall–Kier alpha value is -4.05. The fourth-order valence-electron chi connectivity index (χ4n) is 4.45. The standard InChI is InChI=1S/C23H23N9O/c24-21-28-22(29-23-27-20(30-32(21)23)19-8-4-12-33-19)26-13-16-5-3-11-31(16)14-15-9-10-25-18-7-2-1-6-17(15)18/h1-2,4,6-10,12,16H,3,5,11,13-14H2,(H3,24,26,27,28,29,30). The molecule has 5 heterocycles. The van der Waals surface area contributed by atoms with Crippen LogP contribution in [0.25, 0.3) is 28.3 Å². The number of rotatable bonds is 6. The number of nitrogens with one attached hydrogen (secondary N) is 1. The zero-order valence-corrected chi connectivity index (χ0v) is 17.9. The molecule has 1 unspecified atom stereocenters. The number of nitrogens with two attached hydrogens (primary N) is 1. The van der Waals surface area contributed by atoms with Crippen molar-refractivity contribution in [3.05, 3.63) is 60.5 Å². The monoisotopic (exact) mass is 441 g/mol. The molecule has 4 aromatic heterocycles. The number of anilines is 2. The highest BCUT2D eigenvalue weighted by Crippen LogP contribution is 2.24. The van der Waals surface area contributed by atoms with Gasteiger partial charge in [0.15, 0.2) is 5.76 Å². The predicted molar refractivity (Wildman–Crippen MR) is 124 cm³/mol. The van der Waals surface area contributed by atoms with E-state index in [1.54, 1.807) is 18.4 Å². The Morgan fingerprint density at radius 1 is 1.09 bits per heavy atom. The van der Waals surface area contributed by atoms with Crippen LogP contribution in [0.3, 0.4) is 0 Å². The minimum atomic E-state index is 0.222. The lowest BCUT2D eigenvalue weighted by Gasteiger charge is -2.25. The highest BCUT2D eigenvalue weighted by atomic mass is 16.3. The zero-order valence-electron chi connectivity index (χ0n) is 17.9. The Balaban J connectivity index is 1.18. The number of furan rings is 1. The molecular weight excluding hydrogens is 418 g/mol. The van der Waals surface area contributed by atoms with Crippen molar-refractivity contribution in [2.24, 2.45) is 0 Å². The van der Waals surface area contributed by atoms with Crippen molar-refractivity contribution in [1.82, 2.24) is 34.4 Å². The maximum absolute atomic E-state index is 6.11. The predicted octanol–water partition coefficient (Wildman–Crippen LogP) is 2.99. The van der Waals surface area contributed by atoms with Crippen molar-refractivity contribution < 1.29 is 4.42 Å². The van der Waals surface area contributed by atoms with E-state index in [1.807, 2.05) is 12.3 Å². The summed E-state index contributed by atoms with van der Waals surface area (Å²) in [7, 11) is 0. The van der Waals surface area contributed by atoms with Crippen molar-refractivity contribution in [2.45, 2.75) is 25.4 Å². The summed E-state index contributed by atoms with van der Waals surface area (Å²) in [6.07, 6.45) is 5.74. The summed E-state index contributed by atoms with van der Waals surface area (Å²) in [5.74, 6) is 2.02. The van der Waals surface area contributed by atoms with Gasteiger partial charge in [-0.1, -0.05) is 18.2 Å². The number of fused-ring (bicyclic) bond motifs is 2. The highest BCUT2D eigenvalue weighted by molar-refractivity contribution is 5.81. The molecule has 1 aliphatic rings. The van der Waals surface area contributed by atoms with Crippen LogP contribution in [0.1, 0.15) is 18.4 Å². The van der Waals surface area contributed by atoms with Gasteiger partial charge in [-0.25, -0.2) is 0 Å². The minimum Gasteiger partial charge on any atom is -0.461 e. The molecule has 1 aliphatic heterocycles. The third-order valence-electron chi connectivity index (χ3n) is 6.08. The van der Waals surface area contributed by atoms with E-state index in [2.05, 4.69) is 59.5 Å². The molecule has 33 heavy (non-hydrogen) atoms. The number of benzene rings is 1. The molecule has 0 amide bonds. The fourth-order valence-corrected chi connectivity index (χ4v) is 4.45. The first-order chi connectivity index (χ1) is 16.2. The third-order valence-corrected chi connectivity index (χ3v) is 6.08. The molecule has 0 bridgehead atoms. The summed E-state index contributed by atoms with van der Waals surface area (Å²) in [5.41, 5.74) is 8.44. The lowest BCUT2D eigenvalue weighted by Crippen LogP contribution is -2.35. The van der Waals surface area contributed by atoms with Gasteiger partial charge in [0.2, 0.25) is 17.7 Å². The number of pyridine rings is 1. The fraction of sp³-hybridized carbons (Fsp3) is 0.261. The van der Waals surface area contributed by atoms with E-state index in [-0.39, 0.29) is 5.95 Å². The minimum absolute atomic E-state index is 0.222. The smallest absolute Gasteiger partial charge is 0.259 e. The molecule has 1 aromatic carbocycles. The van der Waals surface area contributed by atoms with Gasteiger partial charge < -0.3 is 15.5 Å². The van der Waals surface area contributed by atoms with E-state index in [4.69, 9.17) is 10.2 Å². The number of aromatic nitrogens is 6. The Kier molecular flexibility index (Phi) is 4.84. The second-order valence-corrected chi connectivity index (χ2v) is 8.16. The Bertz CT molecular complexity index is 1410. The van der Waals surface area contributed by atoms with Crippen molar-refractivity contribution in [1.29, 1.82) is 0 Å². The molecule has 0 spiro atoms. The molecule has 1 saturated heterocycles. The molecule has 10 nitrogen and oxygen atoms in total. The third kappa shape index (κ3) is 3.74. The lowest BCUT2D eigenvalue weighted by atomic mass is 10.1. The topological polar surface area (TPSA) is 123 Å². The second kappa shape index (κ2) is 8.14. The quantitative estimate of drug-likeness (QED) is 0.409. The van der Waals surface area contributed by atoms with Crippen LogP contribution in [-0.4, -0.2) is 53.6 Å². The molecule has 0 radical (unpaired) electrons. The van der Waals surface area contributed by atoms with Crippen LogP contribution in [0.5, 0.6) is 0 Å². The summed E-state index contributed by atoms with van der Waals surface area (Å²) < 4.78 is 6.79. The van der Waals surface area contributed by atoms with Crippen LogP contribution in [-0.2, 0) is 6.54 Å². The normalized spacial score (nSPS) is 16.7. The van der Waals surface area contributed by atoms with Gasteiger partial charge in [-0.3, -0.25) is 9.88 Å². The van der Waals surface area contributed by atoms with Crippen LogP contribution in [0, 0.1) is 0 Å². The molecule has 6 rings (SSSR count). The van der Waals surface area contributed by atoms with Crippen LogP contribution in [0.4, 0.5) is 11.9 Å². The van der Waals surface area contributed by atoms with E-state index in [1.165, 1.54) is 15.5 Å². The van der Waals surface area contributed by atoms with Gasteiger partial charge in [-0.05, 0) is 49.2 Å². The molecule has 5 aromatic rings. The van der Waals surface area contributed by atoms with Crippen molar-refractivity contribution >= 4 is 28.6 Å². The highest BCUT2D eigenvalue weighted by Gasteiger charge is 2.25. The zero-order chi connectivity index (χ0) is 22.2. The van der Waals surface area contributed by atoms with Crippen LogP contribution in [0.15, 0.2) is 59.3 Å². The molecule has 0 aliphatic carbocycles. The van der Waals surface area contributed by atoms with E-state index in [0.29, 0.717) is 29.4 Å². The summed E-state index contributed by atoms with van der Waals surface area (Å²) in [5, 5.41) is 8.90. The Labute approximate surface area is 189 Å². The molecule has 10 heteroatoms. The SMILES string of the molecule is Nc1nc(NCC2CCCN2Cc2ccnc3ccccc23)nc2nc(-c3ccco3)nn12. The average molecular weight is 441 g/mol.